The van der Waals surface area contributed by atoms with E-state index in [1.807, 2.05) is 47.8 Å². The molecule has 3 aromatic rings. The van der Waals surface area contributed by atoms with Crippen molar-refractivity contribution in [2.75, 3.05) is 5.32 Å². The molecule has 0 bridgehead atoms. The van der Waals surface area contributed by atoms with E-state index in [0.29, 0.717) is 4.88 Å². The Bertz CT molecular complexity index is 856. The fourth-order valence-electron chi connectivity index (χ4n) is 1.79. The van der Waals surface area contributed by atoms with Gasteiger partial charge >= 0.3 is 0 Å². The van der Waals surface area contributed by atoms with Gasteiger partial charge in [-0.1, -0.05) is 24.0 Å². The summed E-state index contributed by atoms with van der Waals surface area (Å²) in [5.41, 5.74) is 1.62. The number of nitrogens with one attached hydrogen (secondary N) is 1. The lowest BCUT2D eigenvalue weighted by molar-refractivity contribution is 0.103. The third kappa shape index (κ3) is 3.86. The molecule has 1 amide bonds. The van der Waals surface area contributed by atoms with Gasteiger partial charge in [0.15, 0.2) is 0 Å². The highest BCUT2D eigenvalue weighted by molar-refractivity contribution is 9.11. The molecular formula is C17H10BrNOS2. The normalized spacial score (nSPS) is 9.86. The molecule has 0 fully saturated rings. The molecule has 0 atom stereocenters. The minimum absolute atomic E-state index is 0.112. The molecule has 1 aromatic carbocycles. The zero-order chi connectivity index (χ0) is 15.4. The van der Waals surface area contributed by atoms with Gasteiger partial charge in [0, 0.05) is 11.3 Å². The Hall–Kier alpha value is -1.87. The first-order valence-electron chi connectivity index (χ1n) is 6.43. The summed E-state index contributed by atoms with van der Waals surface area (Å²) in [6, 6.07) is 15.2. The first-order chi connectivity index (χ1) is 10.7. The van der Waals surface area contributed by atoms with Crippen LogP contribution in [0.25, 0.3) is 0 Å². The average molecular weight is 388 g/mol. The fraction of sp³-hybridized carbons (Fsp3) is 0. The second-order valence-electron chi connectivity index (χ2n) is 4.37. The molecule has 5 heteroatoms. The number of benzene rings is 1. The van der Waals surface area contributed by atoms with E-state index in [0.717, 1.165) is 19.9 Å². The molecule has 0 radical (unpaired) electrons. The SMILES string of the molecule is O=C(Nc1cccc(C#Cc2cccs2)c1)c1ccc(Br)s1. The average Bonchev–Trinajstić information content (AvgIpc) is 3.17. The Morgan fingerprint density at radius 2 is 2.00 bits per heavy atom. The van der Waals surface area contributed by atoms with Crippen LogP contribution in [0.2, 0.25) is 0 Å². The lowest BCUT2D eigenvalue weighted by Crippen LogP contribution is -2.09. The summed E-state index contributed by atoms with van der Waals surface area (Å²) in [5, 5.41) is 4.89. The predicted molar refractivity (Wildman–Crippen MR) is 96.7 cm³/mol. The molecule has 0 aliphatic carbocycles. The summed E-state index contributed by atoms with van der Waals surface area (Å²) in [6.07, 6.45) is 0. The third-order valence-electron chi connectivity index (χ3n) is 2.77. The fourth-order valence-corrected chi connectivity index (χ4v) is 3.64. The Morgan fingerprint density at radius 3 is 2.73 bits per heavy atom. The minimum Gasteiger partial charge on any atom is -0.321 e. The maximum absolute atomic E-state index is 12.1. The Kier molecular flexibility index (Phi) is 4.74. The van der Waals surface area contributed by atoms with E-state index in [4.69, 9.17) is 0 Å². The van der Waals surface area contributed by atoms with Crippen molar-refractivity contribution >= 4 is 50.2 Å². The number of rotatable bonds is 2. The van der Waals surface area contributed by atoms with Crippen LogP contribution in [0.3, 0.4) is 0 Å². The number of amides is 1. The van der Waals surface area contributed by atoms with E-state index < -0.39 is 0 Å². The van der Waals surface area contributed by atoms with Crippen LogP contribution < -0.4 is 5.32 Å². The van der Waals surface area contributed by atoms with Crippen LogP contribution in [0.15, 0.2) is 57.7 Å². The molecule has 2 nitrogen and oxygen atoms in total. The van der Waals surface area contributed by atoms with Crippen molar-refractivity contribution < 1.29 is 4.79 Å². The van der Waals surface area contributed by atoms with Gasteiger partial charge in [0.25, 0.3) is 5.91 Å². The molecular weight excluding hydrogens is 378 g/mol. The van der Waals surface area contributed by atoms with E-state index >= 15 is 0 Å². The molecule has 108 valence electrons. The van der Waals surface area contributed by atoms with Gasteiger partial charge in [0.05, 0.1) is 13.5 Å². The summed E-state index contributed by atoms with van der Waals surface area (Å²) < 4.78 is 0.938. The molecule has 2 aromatic heterocycles. The molecule has 0 aliphatic rings. The number of carbonyl (C=O) groups excluding carboxylic acids is 1. The molecule has 2 heterocycles. The highest BCUT2D eigenvalue weighted by atomic mass is 79.9. The van der Waals surface area contributed by atoms with Crippen molar-refractivity contribution in [1.82, 2.24) is 0 Å². The largest absolute Gasteiger partial charge is 0.321 e. The van der Waals surface area contributed by atoms with Gasteiger partial charge < -0.3 is 5.32 Å². The van der Waals surface area contributed by atoms with Crippen molar-refractivity contribution in [3.63, 3.8) is 0 Å². The number of halogens is 1. The molecule has 0 unspecified atom stereocenters. The third-order valence-corrected chi connectivity index (χ3v) is 5.18. The first-order valence-corrected chi connectivity index (χ1v) is 8.92. The van der Waals surface area contributed by atoms with Crippen molar-refractivity contribution in [3.8, 4) is 11.8 Å². The van der Waals surface area contributed by atoms with Gasteiger partial charge in [-0.15, -0.1) is 22.7 Å². The van der Waals surface area contributed by atoms with Crippen molar-refractivity contribution in [2.24, 2.45) is 0 Å². The van der Waals surface area contributed by atoms with Crippen molar-refractivity contribution in [3.05, 3.63) is 73.0 Å². The zero-order valence-corrected chi connectivity index (χ0v) is 14.5. The molecule has 0 spiro atoms. The molecule has 0 saturated carbocycles. The van der Waals surface area contributed by atoms with Crippen LogP contribution >= 0.6 is 38.6 Å². The van der Waals surface area contributed by atoms with E-state index in [2.05, 4.69) is 33.1 Å². The van der Waals surface area contributed by atoms with Gasteiger partial charge in [0.1, 0.15) is 0 Å². The van der Waals surface area contributed by atoms with Gasteiger partial charge in [-0.25, -0.2) is 0 Å². The standard InChI is InChI=1S/C17H10BrNOS2/c18-16-9-8-15(22-16)17(20)19-13-4-1-3-12(11-13)6-7-14-5-2-10-21-14/h1-5,8-11H,(H,19,20). The van der Waals surface area contributed by atoms with Crippen molar-refractivity contribution in [1.29, 1.82) is 0 Å². The van der Waals surface area contributed by atoms with Gasteiger partial charge in [-0.3, -0.25) is 4.79 Å². The molecule has 0 aliphatic heterocycles. The smallest absolute Gasteiger partial charge is 0.265 e. The van der Waals surface area contributed by atoms with E-state index in [-0.39, 0.29) is 5.91 Å². The highest BCUT2D eigenvalue weighted by Gasteiger charge is 2.08. The molecule has 3 rings (SSSR count). The summed E-state index contributed by atoms with van der Waals surface area (Å²) in [6.45, 7) is 0. The molecule has 22 heavy (non-hydrogen) atoms. The van der Waals surface area contributed by atoms with Crippen molar-refractivity contribution in [2.45, 2.75) is 0 Å². The number of thiophene rings is 2. The van der Waals surface area contributed by atoms with Gasteiger partial charge in [-0.05, 0) is 57.7 Å². The van der Waals surface area contributed by atoms with E-state index in [9.17, 15) is 4.79 Å². The highest BCUT2D eigenvalue weighted by Crippen LogP contribution is 2.23. The van der Waals surface area contributed by atoms with Gasteiger partial charge in [-0.2, -0.15) is 0 Å². The summed E-state index contributed by atoms with van der Waals surface area (Å²) in [4.78, 5) is 13.8. The van der Waals surface area contributed by atoms with Crippen LogP contribution in [-0.4, -0.2) is 5.91 Å². The lowest BCUT2D eigenvalue weighted by atomic mass is 10.2. The Morgan fingerprint density at radius 1 is 1.09 bits per heavy atom. The Balaban J connectivity index is 1.75. The number of carbonyl (C=O) groups is 1. The topological polar surface area (TPSA) is 29.1 Å². The molecule has 1 N–H and O–H groups in total. The van der Waals surface area contributed by atoms with Crippen LogP contribution in [-0.2, 0) is 0 Å². The van der Waals surface area contributed by atoms with E-state index in [1.54, 1.807) is 17.4 Å². The first kappa shape index (κ1) is 15.0. The van der Waals surface area contributed by atoms with Crippen LogP contribution in [0, 0.1) is 11.8 Å². The molecule has 0 saturated heterocycles. The van der Waals surface area contributed by atoms with Gasteiger partial charge in [0.2, 0.25) is 0 Å². The summed E-state index contributed by atoms with van der Waals surface area (Å²) in [7, 11) is 0. The van der Waals surface area contributed by atoms with Crippen LogP contribution in [0.1, 0.15) is 20.1 Å². The van der Waals surface area contributed by atoms with E-state index in [1.165, 1.54) is 11.3 Å². The number of anilines is 1. The Labute approximate surface area is 144 Å². The number of hydrogen-bond donors (Lipinski definition) is 1. The second kappa shape index (κ2) is 6.93. The number of hydrogen-bond acceptors (Lipinski definition) is 3. The zero-order valence-electron chi connectivity index (χ0n) is 11.3. The maximum atomic E-state index is 12.1. The lowest BCUT2D eigenvalue weighted by Gasteiger charge is -2.03. The quantitative estimate of drug-likeness (QED) is 0.599. The monoisotopic (exact) mass is 387 g/mol. The van der Waals surface area contributed by atoms with Crippen LogP contribution in [0.4, 0.5) is 5.69 Å². The summed E-state index contributed by atoms with van der Waals surface area (Å²) >= 11 is 6.37. The maximum Gasteiger partial charge on any atom is 0.265 e. The van der Waals surface area contributed by atoms with Crippen LogP contribution in [0.5, 0.6) is 0 Å². The summed E-state index contributed by atoms with van der Waals surface area (Å²) in [5.74, 6) is 6.10. The predicted octanol–water partition coefficient (Wildman–Crippen LogP) is 5.22. The minimum atomic E-state index is -0.112. The second-order valence-corrected chi connectivity index (χ2v) is 7.78.